The van der Waals surface area contributed by atoms with E-state index in [0.717, 1.165) is 29.5 Å². The van der Waals surface area contributed by atoms with E-state index in [1.165, 1.54) is 4.90 Å². The molecular weight excluding hydrogens is 510 g/mol. The third-order valence-corrected chi connectivity index (χ3v) is 9.43. The van der Waals surface area contributed by atoms with Crippen molar-refractivity contribution >= 4 is 17.9 Å². The molecule has 0 saturated carbocycles. The summed E-state index contributed by atoms with van der Waals surface area (Å²) in [4.78, 5) is 44.1. The first kappa shape index (κ1) is 26.8. The summed E-state index contributed by atoms with van der Waals surface area (Å²) in [6, 6.07) is 12.4. The second kappa shape index (κ2) is 9.89. The third-order valence-electron chi connectivity index (χ3n) is 9.43. The quantitative estimate of drug-likeness (QED) is 0.541. The molecule has 4 aliphatic rings. The van der Waals surface area contributed by atoms with Crippen molar-refractivity contribution in [3.63, 3.8) is 0 Å². The lowest BCUT2D eigenvalue weighted by atomic mass is 9.77. The van der Waals surface area contributed by atoms with Crippen LogP contribution in [0.5, 0.6) is 0 Å². The fourth-order valence-electron chi connectivity index (χ4n) is 7.45. The molecule has 0 spiro atoms. The van der Waals surface area contributed by atoms with Crippen LogP contribution in [-0.2, 0) is 18.4 Å². The zero-order valence-electron chi connectivity index (χ0n) is 23.0. The van der Waals surface area contributed by atoms with Gasteiger partial charge in [0, 0.05) is 48.3 Å². The van der Waals surface area contributed by atoms with Gasteiger partial charge in [0.15, 0.2) is 0 Å². The molecule has 2 fully saturated rings. The highest BCUT2D eigenvalue weighted by Gasteiger charge is 2.44. The highest BCUT2D eigenvalue weighted by Crippen LogP contribution is 2.39. The second-order valence-corrected chi connectivity index (χ2v) is 12.6. The van der Waals surface area contributed by atoms with Gasteiger partial charge in [0.25, 0.3) is 11.8 Å². The summed E-state index contributed by atoms with van der Waals surface area (Å²) >= 11 is 0. The molecule has 0 unspecified atom stereocenters. The minimum Gasteiger partial charge on any atom is -0.465 e. The molecule has 0 aliphatic carbocycles. The minimum atomic E-state index is -1.09. The molecule has 5 atom stereocenters. The first-order chi connectivity index (χ1) is 19.0. The SMILES string of the molecule is CC1(C)CN(C[C@@H](O)[C@@H]2Cc3ccccc3CN2C(=O)O)C(=O)c2ccc(C(=O)N3[C@@H]4CC[C@H]3C[C@H](O)C4)cc21. The summed E-state index contributed by atoms with van der Waals surface area (Å²) in [7, 11) is 0. The molecule has 4 heterocycles. The van der Waals surface area contributed by atoms with Crippen molar-refractivity contribution in [1.29, 1.82) is 0 Å². The maximum Gasteiger partial charge on any atom is 0.407 e. The van der Waals surface area contributed by atoms with Crippen LogP contribution in [0.2, 0.25) is 0 Å². The van der Waals surface area contributed by atoms with Gasteiger partial charge in [0.05, 0.1) is 18.2 Å². The number of piperidine rings is 1. The Bertz CT molecular complexity index is 1340. The summed E-state index contributed by atoms with van der Waals surface area (Å²) in [6.45, 7) is 4.59. The molecule has 9 heteroatoms. The summed E-state index contributed by atoms with van der Waals surface area (Å²) in [5, 5.41) is 31.3. The van der Waals surface area contributed by atoms with Gasteiger partial charge in [0.1, 0.15) is 0 Å². The van der Waals surface area contributed by atoms with Crippen molar-refractivity contribution in [2.24, 2.45) is 0 Å². The number of hydrogen-bond donors (Lipinski definition) is 3. The van der Waals surface area contributed by atoms with E-state index < -0.39 is 23.7 Å². The Morgan fingerprint density at radius 2 is 1.73 bits per heavy atom. The largest absolute Gasteiger partial charge is 0.465 e. The molecule has 2 aromatic rings. The molecule has 6 rings (SSSR count). The van der Waals surface area contributed by atoms with Crippen molar-refractivity contribution in [2.75, 3.05) is 13.1 Å². The van der Waals surface area contributed by atoms with Crippen molar-refractivity contribution in [3.05, 3.63) is 70.3 Å². The van der Waals surface area contributed by atoms with Gasteiger partial charge in [0.2, 0.25) is 0 Å². The van der Waals surface area contributed by atoms with E-state index in [9.17, 15) is 29.7 Å². The Labute approximate surface area is 234 Å². The van der Waals surface area contributed by atoms with Crippen molar-refractivity contribution in [1.82, 2.24) is 14.7 Å². The Morgan fingerprint density at radius 1 is 1.05 bits per heavy atom. The van der Waals surface area contributed by atoms with E-state index in [2.05, 4.69) is 0 Å². The average molecular weight is 548 g/mol. The lowest BCUT2D eigenvalue weighted by molar-refractivity contribution is 0.0132. The Kier molecular flexibility index (Phi) is 6.62. The van der Waals surface area contributed by atoms with Crippen LogP contribution >= 0.6 is 0 Å². The summed E-state index contributed by atoms with van der Waals surface area (Å²) in [5.74, 6) is -0.277. The molecule has 2 saturated heterocycles. The van der Waals surface area contributed by atoms with Crippen molar-refractivity contribution in [2.45, 2.75) is 88.2 Å². The van der Waals surface area contributed by atoms with Crippen LogP contribution < -0.4 is 0 Å². The number of amides is 3. The molecule has 4 aliphatic heterocycles. The van der Waals surface area contributed by atoms with Gasteiger partial charge in [-0.05, 0) is 67.0 Å². The molecular formula is C31H37N3O6. The summed E-state index contributed by atoms with van der Waals surface area (Å²) in [6.07, 6.45) is 0.915. The number of benzene rings is 2. The maximum atomic E-state index is 13.6. The number of carbonyl (C=O) groups is 3. The zero-order chi connectivity index (χ0) is 28.3. The van der Waals surface area contributed by atoms with Crippen LogP contribution in [0.25, 0.3) is 0 Å². The Morgan fingerprint density at radius 3 is 2.40 bits per heavy atom. The van der Waals surface area contributed by atoms with Gasteiger partial charge < -0.3 is 25.1 Å². The predicted octanol–water partition coefficient (Wildman–Crippen LogP) is 3.01. The molecule has 40 heavy (non-hydrogen) atoms. The molecule has 0 aromatic heterocycles. The number of fused-ring (bicyclic) bond motifs is 4. The van der Waals surface area contributed by atoms with Gasteiger partial charge in [-0.15, -0.1) is 0 Å². The Balaban J connectivity index is 1.22. The van der Waals surface area contributed by atoms with Gasteiger partial charge in [-0.2, -0.15) is 0 Å². The number of β-amino-alcohol motifs (C(OH)–C–C–N with tert-alkyl or cyclic N) is 1. The smallest absolute Gasteiger partial charge is 0.407 e. The van der Waals surface area contributed by atoms with Crippen LogP contribution in [0.15, 0.2) is 42.5 Å². The standard InChI is InChI=1S/C31H37N3O6/c1-31(2)17-32(16-27(36)26-12-18-5-3-4-6-20(18)15-33(26)30(39)40)29(38)24-10-7-19(11-25(24)31)28(37)34-21-8-9-22(34)14-23(35)13-21/h3-7,10-11,21-23,26-27,35-36H,8-9,12-17H2,1-2H3,(H,39,40)/t21-,22+,23-,26-,27+/m0/s1. The van der Waals surface area contributed by atoms with Crippen molar-refractivity contribution in [3.8, 4) is 0 Å². The molecule has 2 bridgehead atoms. The minimum absolute atomic E-state index is 0.0124. The number of nitrogens with zero attached hydrogens (tertiary/aromatic N) is 3. The van der Waals surface area contributed by atoms with Gasteiger partial charge in [-0.3, -0.25) is 14.5 Å². The fourth-order valence-corrected chi connectivity index (χ4v) is 7.45. The van der Waals surface area contributed by atoms with Crippen molar-refractivity contribution < 1.29 is 29.7 Å². The number of rotatable bonds is 4. The number of carbonyl (C=O) groups excluding carboxylic acids is 2. The molecule has 0 radical (unpaired) electrons. The van der Waals surface area contributed by atoms with Crippen LogP contribution in [0.4, 0.5) is 4.79 Å². The van der Waals surface area contributed by atoms with E-state index in [-0.39, 0.29) is 43.1 Å². The van der Waals surface area contributed by atoms with Gasteiger partial charge in [-0.25, -0.2) is 4.79 Å². The van der Waals surface area contributed by atoms with Crippen LogP contribution in [0.1, 0.15) is 76.9 Å². The second-order valence-electron chi connectivity index (χ2n) is 12.6. The summed E-state index contributed by atoms with van der Waals surface area (Å²) < 4.78 is 0. The molecule has 9 nitrogen and oxygen atoms in total. The van der Waals surface area contributed by atoms with Gasteiger partial charge in [-0.1, -0.05) is 38.1 Å². The highest BCUT2D eigenvalue weighted by atomic mass is 16.4. The Hall–Kier alpha value is -3.43. The number of aliphatic hydroxyl groups excluding tert-OH is 2. The number of carboxylic acid groups (broad SMARTS) is 1. The van der Waals surface area contributed by atoms with Gasteiger partial charge >= 0.3 is 6.09 Å². The lowest BCUT2D eigenvalue weighted by Gasteiger charge is -2.43. The van der Waals surface area contributed by atoms with Crippen LogP contribution in [0.3, 0.4) is 0 Å². The monoisotopic (exact) mass is 547 g/mol. The van der Waals surface area contributed by atoms with E-state index in [4.69, 9.17) is 0 Å². The third kappa shape index (κ3) is 4.55. The molecule has 3 N–H and O–H groups in total. The van der Waals surface area contributed by atoms with Crippen LogP contribution in [-0.4, -0.2) is 91.3 Å². The van der Waals surface area contributed by atoms with Crippen LogP contribution in [0, 0.1) is 0 Å². The first-order valence-corrected chi connectivity index (χ1v) is 14.2. The zero-order valence-corrected chi connectivity index (χ0v) is 23.0. The lowest BCUT2D eigenvalue weighted by Crippen LogP contribution is -2.56. The summed E-state index contributed by atoms with van der Waals surface area (Å²) in [5.41, 5.74) is 3.31. The molecule has 212 valence electrons. The molecule has 2 aromatic carbocycles. The van der Waals surface area contributed by atoms with E-state index >= 15 is 0 Å². The predicted molar refractivity (Wildman–Crippen MR) is 147 cm³/mol. The number of aliphatic hydroxyl groups is 2. The van der Waals surface area contributed by atoms with E-state index in [1.54, 1.807) is 17.0 Å². The van der Waals surface area contributed by atoms with E-state index in [0.29, 0.717) is 36.9 Å². The number of hydrogen-bond acceptors (Lipinski definition) is 5. The fraction of sp³-hybridized carbons (Fsp3) is 0.516. The molecule has 3 amide bonds. The normalized spacial score (nSPS) is 27.7. The highest BCUT2D eigenvalue weighted by molar-refractivity contribution is 6.00. The maximum absolute atomic E-state index is 13.6. The van der Waals surface area contributed by atoms with E-state index in [1.807, 2.05) is 49.1 Å². The average Bonchev–Trinajstić information content (AvgIpc) is 3.20. The first-order valence-electron chi connectivity index (χ1n) is 14.2. The topological polar surface area (TPSA) is 122 Å².